The molecule has 0 saturated carbocycles. The Kier molecular flexibility index (Phi) is 4.78. The summed E-state index contributed by atoms with van der Waals surface area (Å²) >= 11 is 0. The first-order valence-electron chi connectivity index (χ1n) is 10.8. The van der Waals surface area contributed by atoms with Crippen LogP contribution in [0, 0.1) is 12.8 Å². The molecule has 0 spiro atoms. The topological polar surface area (TPSA) is 63.4 Å². The van der Waals surface area contributed by atoms with E-state index in [1.165, 1.54) is 12.8 Å². The van der Waals surface area contributed by atoms with Crippen LogP contribution in [0.15, 0.2) is 29.3 Å². The zero-order valence-corrected chi connectivity index (χ0v) is 17.1. The number of piperidine rings is 1. The van der Waals surface area contributed by atoms with Gasteiger partial charge in [0.05, 0.1) is 0 Å². The van der Waals surface area contributed by atoms with Crippen LogP contribution in [0.2, 0.25) is 0 Å². The van der Waals surface area contributed by atoms with Crippen LogP contribution in [0.5, 0.6) is 0 Å². The number of rotatable bonds is 4. The average Bonchev–Trinajstić information content (AvgIpc) is 3.36. The maximum atomic E-state index is 13.1. The second kappa shape index (κ2) is 7.44. The van der Waals surface area contributed by atoms with Gasteiger partial charge in [-0.1, -0.05) is 6.07 Å². The zero-order chi connectivity index (χ0) is 20.0. The van der Waals surface area contributed by atoms with Gasteiger partial charge in [-0.2, -0.15) is 0 Å². The molecule has 154 valence electrons. The number of nitrogens with zero attached hydrogens (tertiary/aromatic N) is 5. The normalized spacial score (nSPS) is 24.0. The summed E-state index contributed by atoms with van der Waals surface area (Å²) in [6.07, 6.45) is 7.13. The molecule has 3 aliphatic rings. The molecule has 0 unspecified atom stereocenters. The Balaban J connectivity index is 1.34. The van der Waals surface area contributed by atoms with E-state index < -0.39 is 0 Å². The van der Waals surface area contributed by atoms with E-state index in [9.17, 15) is 9.59 Å². The van der Waals surface area contributed by atoms with Gasteiger partial charge in [0.1, 0.15) is 12.4 Å². The van der Waals surface area contributed by atoms with Crippen LogP contribution in [0.4, 0.5) is 0 Å². The van der Waals surface area contributed by atoms with Crippen molar-refractivity contribution in [1.29, 1.82) is 0 Å². The fourth-order valence-electron chi connectivity index (χ4n) is 5.31. The smallest absolute Gasteiger partial charge is 0.255 e. The number of carbonyl (C=O) groups excluding carboxylic acids is 1. The lowest BCUT2D eigenvalue weighted by atomic mass is 9.83. The van der Waals surface area contributed by atoms with Crippen LogP contribution < -0.4 is 5.56 Å². The summed E-state index contributed by atoms with van der Waals surface area (Å²) in [6, 6.07) is 4.17. The maximum absolute atomic E-state index is 13.1. The Labute approximate surface area is 170 Å². The monoisotopic (exact) mass is 395 g/mol. The van der Waals surface area contributed by atoms with E-state index in [0.29, 0.717) is 19.0 Å². The molecule has 5 heterocycles. The standard InChI is InChI=1S/C22H29N5O2/c1-16-23-6-9-25(16)15-21(28)26-11-17-10-19(14-26)20-5-4-18(22(29)27(20)12-17)13-24-7-2-3-8-24/h4-6,9,17,19H,2-3,7-8,10-15H2,1H3/t17-,19+/m0/s1. The number of likely N-dealkylation sites (tertiary alicyclic amines) is 2. The highest BCUT2D eigenvalue weighted by atomic mass is 16.2. The summed E-state index contributed by atoms with van der Waals surface area (Å²) in [6.45, 7) is 7.39. The van der Waals surface area contributed by atoms with E-state index in [1.807, 2.05) is 33.2 Å². The van der Waals surface area contributed by atoms with E-state index in [1.54, 1.807) is 6.20 Å². The summed E-state index contributed by atoms with van der Waals surface area (Å²) in [5.41, 5.74) is 2.20. The number of imidazole rings is 1. The molecular weight excluding hydrogens is 366 g/mol. The van der Waals surface area contributed by atoms with Gasteiger partial charge >= 0.3 is 0 Å². The molecule has 0 radical (unpaired) electrons. The molecule has 5 rings (SSSR count). The van der Waals surface area contributed by atoms with Gasteiger partial charge in [0.25, 0.3) is 5.56 Å². The minimum atomic E-state index is 0.141. The largest absolute Gasteiger partial charge is 0.340 e. The second-order valence-electron chi connectivity index (χ2n) is 8.88. The number of pyridine rings is 1. The number of carbonyl (C=O) groups is 1. The number of fused-ring (bicyclic) bond motifs is 4. The molecule has 7 heteroatoms. The Hall–Kier alpha value is -2.41. The first-order chi connectivity index (χ1) is 14.1. The molecule has 2 bridgehead atoms. The predicted molar refractivity (Wildman–Crippen MR) is 110 cm³/mol. The number of hydrogen-bond donors (Lipinski definition) is 0. The first kappa shape index (κ1) is 18.6. The lowest BCUT2D eigenvalue weighted by molar-refractivity contribution is -0.134. The van der Waals surface area contributed by atoms with E-state index in [0.717, 1.165) is 56.2 Å². The van der Waals surface area contributed by atoms with Gasteiger partial charge in [0.2, 0.25) is 5.91 Å². The summed E-state index contributed by atoms with van der Waals surface area (Å²) in [4.78, 5) is 34.6. The highest BCUT2D eigenvalue weighted by Gasteiger charge is 2.36. The quantitative estimate of drug-likeness (QED) is 0.789. The van der Waals surface area contributed by atoms with Crippen molar-refractivity contribution >= 4 is 5.91 Å². The number of amides is 1. The van der Waals surface area contributed by atoms with Gasteiger partial charge in [-0.15, -0.1) is 0 Å². The van der Waals surface area contributed by atoms with Crippen LogP contribution in [0.25, 0.3) is 0 Å². The molecule has 0 N–H and O–H groups in total. The number of aromatic nitrogens is 3. The summed E-state index contributed by atoms with van der Waals surface area (Å²) < 4.78 is 3.90. The molecule has 0 aromatic carbocycles. The summed E-state index contributed by atoms with van der Waals surface area (Å²) in [7, 11) is 0. The van der Waals surface area contributed by atoms with Gasteiger partial charge in [0, 0.05) is 55.7 Å². The third kappa shape index (κ3) is 3.52. The van der Waals surface area contributed by atoms with E-state index >= 15 is 0 Å². The summed E-state index contributed by atoms with van der Waals surface area (Å²) in [5.74, 6) is 1.61. The Morgan fingerprint density at radius 2 is 2.00 bits per heavy atom. The molecule has 7 nitrogen and oxygen atoms in total. The van der Waals surface area contributed by atoms with Crippen molar-refractivity contribution in [2.45, 2.75) is 51.7 Å². The second-order valence-corrected chi connectivity index (χ2v) is 8.88. The number of aryl methyl sites for hydroxylation is 1. The maximum Gasteiger partial charge on any atom is 0.255 e. The van der Waals surface area contributed by atoms with Crippen molar-refractivity contribution in [1.82, 2.24) is 23.9 Å². The Bertz CT molecular complexity index is 972. The molecule has 1 amide bonds. The van der Waals surface area contributed by atoms with Crippen LogP contribution >= 0.6 is 0 Å². The van der Waals surface area contributed by atoms with Gasteiger partial charge in [-0.3, -0.25) is 14.5 Å². The Morgan fingerprint density at radius 3 is 2.76 bits per heavy atom. The SMILES string of the molecule is Cc1nccn1CC(=O)N1C[C@@H]2C[C@H](C1)c1ccc(CN3CCCC3)c(=O)n1C2. The molecule has 2 aromatic rings. The van der Waals surface area contributed by atoms with Crippen molar-refractivity contribution in [2.75, 3.05) is 26.2 Å². The molecule has 0 aliphatic carbocycles. The lowest BCUT2D eigenvalue weighted by Crippen LogP contribution is -2.50. The zero-order valence-electron chi connectivity index (χ0n) is 17.1. The van der Waals surface area contributed by atoms with Gasteiger partial charge in [0.15, 0.2) is 0 Å². The fourth-order valence-corrected chi connectivity index (χ4v) is 5.31. The van der Waals surface area contributed by atoms with Crippen LogP contribution in [-0.4, -0.2) is 56.0 Å². The van der Waals surface area contributed by atoms with Crippen molar-refractivity contribution in [3.05, 3.63) is 52.0 Å². The van der Waals surface area contributed by atoms with E-state index in [-0.39, 0.29) is 17.4 Å². The highest BCUT2D eigenvalue weighted by Crippen LogP contribution is 2.35. The molecule has 2 aromatic heterocycles. The van der Waals surface area contributed by atoms with E-state index in [4.69, 9.17) is 0 Å². The fraction of sp³-hybridized carbons (Fsp3) is 0.591. The summed E-state index contributed by atoms with van der Waals surface area (Å²) in [5, 5.41) is 0. The molecule has 2 saturated heterocycles. The minimum Gasteiger partial charge on any atom is -0.340 e. The Morgan fingerprint density at radius 1 is 1.17 bits per heavy atom. The van der Waals surface area contributed by atoms with Gasteiger partial charge in [-0.25, -0.2) is 4.98 Å². The van der Waals surface area contributed by atoms with Crippen molar-refractivity contribution in [3.63, 3.8) is 0 Å². The van der Waals surface area contributed by atoms with Crippen molar-refractivity contribution in [3.8, 4) is 0 Å². The third-order valence-corrected chi connectivity index (χ3v) is 6.86. The molecule has 2 fully saturated rings. The average molecular weight is 396 g/mol. The first-order valence-corrected chi connectivity index (χ1v) is 10.8. The van der Waals surface area contributed by atoms with Crippen molar-refractivity contribution in [2.24, 2.45) is 5.92 Å². The van der Waals surface area contributed by atoms with Crippen LogP contribution in [-0.2, 0) is 24.4 Å². The van der Waals surface area contributed by atoms with Gasteiger partial charge < -0.3 is 14.0 Å². The highest BCUT2D eigenvalue weighted by molar-refractivity contribution is 5.76. The van der Waals surface area contributed by atoms with Gasteiger partial charge in [-0.05, 0) is 51.3 Å². The third-order valence-electron chi connectivity index (χ3n) is 6.86. The predicted octanol–water partition coefficient (Wildman–Crippen LogP) is 1.59. The lowest BCUT2D eigenvalue weighted by Gasteiger charge is -2.43. The molecule has 3 aliphatic heterocycles. The molecule has 29 heavy (non-hydrogen) atoms. The van der Waals surface area contributed by atoms with Crippen LogP contribution in [0.3, 0.4) is 0 Å². The minimum absolute atomic E-state index is 0.141. The van der Waals surface area contributed by atoms with Crippen molar-refractivity contribution < 1.29 is 4.79 Å². The number of hydrogen-bond acceptors (Lipinski definition) is 4. The molecular formula is C22H29N5O2. The van der Waals surface area contributed by atoms with E-state index in [2.05, 4.69) is 16.0 Å². The molecule has 2 atom stereocenters. The van der Waals surface area contributed by atoms with Crippen LogP contribution in [0.1, 0.15) is 42.3 Å².